The molecule has 0 aliphatic heterocycles. The largest absolute Gasteiger partial charge is 0.465 e. The first kappa shape index (κ1) is 19.1. The van der Waals surface area contributed by atoms with Crippen molar-refractivity contribution in [2.24, 2.45) is 0 Å². The first-order valence-corrected chi connectivity index (χ1v) is 8.11. The first-order valence-electron chi connectivity index (χ1n) is 7.29. The number of nitro benzene ring substituents is 1. The van der Waals surface area contributed by atoms with Gasteiger partial charge in [0.2, 0.25) is 5.91 Å². The molecule has 0 aliphatic carbocycles. The molecule has 2 amide bonds. The lowest BCUT2D eigenvalue weighted by Gasteiger charge is -2.05. The fourth-order valence-electron chi connectivity index (χ4n) is 2.21. The van der Waals surface area contributed by atoms with Gasteiger partial charge in [0, 0.05) is 24.7 Å². The molecule has 0 saturated carbocycles. The lowest BCUT2D eigenvalue weighted by atomic mass is 10.1. The minimum Gasteiger partial charge on any atom is -0.465 e. The number of carbonyl (C=O) groups is 3. The third-order valence-corrected chi connectivity index (χ3v) is 4.55. The van der Waals surface area contributed by atoms with Crippen molar-refractivity contribution in [2.45, 2.75) is 13.8 Å². The molecule has 0 spiro atoms. The molecule has 2 N–H and O–H groups in total. The second-order valence-electron chi connectivity index (χ2n) is 5.19. The SMILES string of the molecule is COC(=O)c1c(NC(C)=O)sc(C(=O)Nc2cccc([N+](=O)[O-])c2)c1C. The van der Waals surface area contributed by atoms with Gasteiger partial charge in [-0.1, -0.05) is 6.07 Å². The van der Waals surface area contributed by atoms with Crippen LogP contribution in [0.5, 0.6) is 0 Å². The van der Waals surface area contributed by atoms with Crippen LogP contribution >= 0.6 is 11.3 Å². The average Bonchev–Trinajstić information content (AvgIpc) is 2.90. The highest BCUT2D eigenvalue weighted by atomic mass is 32.1. The molecule has 9 nitrogen and oxygen atoms in total. The molecule has 2 aromatic rings. The molecule has 1 aromatic heterocycles. The van der Waals surface area contributed by atoms with Crippen molar-refractivity contribution < 1.29 is 24.0 Å². The van der Waals surface area contributed by atoms with E-state index in [9.17, 15) is 24.5 Å². The lowest BCUT2D eigenvalue weighted by Crippen LogP contribution is -2.13. The molecule has 0 radical (unpaired) electrons. The maximum absolute atomic E-state index is 12.5. The Morgan fingerprint density at radius 1 is 1.23 bits per heavy atom. The number of ether oxygens (including phenoxy) is 1. The van der Waals surface area contributed by atoms with Gasteiger partial charge in [-0.2, -0.15) is 0 Å². The van der Waals surface area contributed by atoms with E-state index in [1.165, 1.54) is 38.3 Å². The van der Waals surface area contributed by atoms with Crippen LogP contribution in [0.1, 0.15) is 32.5 Å². The van der Waals surface area contributed by atoms with Gasteiger partial charge < -0.3 is 15.4 Å². The molecule has 26 heavy (non-hydrogen) atoms. The quantitative estimate of drug-likeness (QED) is 0.468. The predicted octanol–water partition coefficient (Wildman–Crippen LogP) is 2.96. The number of esters is 1. The molecule has 0 bridgehead atoms. The number of amides is 2. The third-order valence-electron chi connectivity index (χ3n) is 3.35. The van der Waals surface area contributed by atoms with Crippen molar-refractivity contribution in [3.63, 3.8) is 0 Å². The summed E-state index contributed by atoms with van der Waals surface area (Å²) in [6.45, 7) is 2.83. The Morgan fingerprint density at radius 2 is 1.92 bits per heavy atom. The van der Waals surface area contributed by atoms with Gasteiger partial charge in [0.05, 0.1) is 22.5 Å². The van der Waals surface area contributed by atoms with Crippen LogP contribution in [0.15, 0.2) is 24.3 Å². The molecule has 0 aliphatic rings. The number of anilines is 2. The number of nitrogens with zero attached hydrogens (tertiary/aromatic N) is 1. The van der Waals surface area contributed by atoms with E-state index < -0.39 is 22.7 Å². The highest BCUT2D eigenvalue weighted by molar-refractivity contribution is 7.18. The van der Waals surface area contributed by atoms with Crippen LogP contribution in [0.4, 0.5) is 16.4 Å². The van der Waals surface area contributed by atoms with E-state index in [0.29, 0.717) is 5.56 Å². The summed E-state index contributed by atoms with van der Waals surface area (Å²) in [7, 11) is 1.19. The van der Waals surface area contributed by atoms with Crippen molar-refractivity contribution in [1.29, 1.82) is 0 Å². The zero-order chi connectivity index (χ0) is 19.4. The van der Waals surface area contributed by atoms with Crippen LogP contribution in [-0.2, 0) is 9.53 Å². The highest BCUT2D eigenvalue weighted by Crippen LogP contribution is 2.34. The number of nitrogens with one attached hydrogen (secondary N) is 2. The van der Waals surface area contributed by atoms with E-state index in [1.807, 2.05) is 0 Å². The Hall–Kier alpha value is -3.27. The molecule has 0 fully saturated rings. The summed E-state index contributed by atoms with van der Waals surface area (Å²) in [5.74, 6) is -1.64. The number of carbonyl (C=O) groups excluding carboxylic acids is 3. The highest BCUT2D eigenvalue weighted by Gasteiger charge is 2.26. The maximum Gasteiger partial charge on any atom is 0.341 e. The number of thiophene rings is 1. The average molecular weight is 377 g/mol. The molecule has 1 aromatic carbocycles. The van der Waals surface area contributed by atoms with Gasteiger partial charge in [0.25, 0.3) is 11.6 Å². The second-order valence-corrected chi connectivity index (χ2v) is 6.22. The van der Waals surface area contributed by atoms with Gasteiger partial charge in [0.1, 0.15) is 5.00 Å². The normalized spacial score (nSPS) is 10.1. The van der Waals surface area contributed by atoms with Crippen molar-refractivity contribution in [2.75, 3.05) is 17.7 Å². The summed E-state index contributed by atoms with van der Waals surface area (Å²) in [6, 6.07) is 5.47. The number of nitro groups is 1. The number of hydrogen-bond donors (Lipinski definition) is 2. The van der Waals surface area contributed by atoms with Gasteiger partial charge in [0.15, 0.2) is 0 Å². The van der Waals surface area contributed by atoms with E-state index in [1.54, 1.807) is 6.92 Å². The van der Waals surface area contributed by atoms with Crippen LogP contribution in [0.3, 0.4) is 0 Å². The van der Waals surface area contributed by atoms with Crippen LogP contribution in [0, 0.1) is 17.0 Å². The predicted molar refractivity (Wildman–Crippen MR) is 95.7 cm³/mol. The topological polar surface area (TPSA) is 128 Å². The molecule has 0 saturated heterocycles. The summed E-state index contributed by atoms with van der Waals surface area (Å²) < 4.78 is 4.70. The molecular weight excluding hydrogens is 362 g/mol. The van der Waals surface area contributed by atoms with Crippen molar-refractivity contribution in [3.8, 4) is 0 Å². The first-order chi connectivity index (χ1) is 12.2. The van der Waals surface area contributed by atoms with Gasteiger partial charge in [-0.15, -0.1) is 11.3 Å². The summed E-state index contributed by atoms with van der Waals surface area (Å²) in [4.78, 5) is 46.3. The number of methoxy groups -OCH3 is 1. The summed E-state index contributed by atoms with van der Waals surface area (Å²) in [5, 5.41) is 16.1. The fourth-order valence-corrected chi connectivity index (χ4v) is 3.35. The molecule has 10 heteroatoms. The standard InChI is InChI=1S/C16H15N3O6S/c1-8-12(16(22)25-3)15(17-9(2)20)26-13(8)14(21)18-10-5-4-6-11(7-10)19(23)24/h4-7H,1-3H3,(H,17,20)(H,18,21). The molecule has 2 rings (SSSR count). The molecule has 0 atom stereocenters. The monoisotopic (exact) mass is 377 g/mol. The summed E-state index contributed by atoms with van der Waals surface area (Å²) in [6.07, 6.45) is 0. The number of benzene rings is 1. The van der Waals surface area contributed by atoms with Crippen LogP contribution in [0.25, 0.3) is 0 Å². The Bertz CT molecular complexity index is 905. The second kappa shape index (κ2) is 7.74. The number of rotatable bonds is 5. The van der Waals surface area contributed by atoms with Crippen LogP contribution in [-0.4, -0.2) is 29.8 Å². The maximum atomic E-state index is 12.5. The minimum absolute atomic E-state index is 0.0943. The fraction of sp³-hybridized carbons (Fsp3) is 0.188. The van der Waals surface area contributed by atoms with E-state index in [2.05, 4.69) is 10.6 Å². The van der Waals surface area contributed by atoms with E-state index in [4.69, 9.17) is 4.74 Å². The van der Waals surface area contributed by atoms with E-state index in [-0.39, 0.29) is 26.8 Å². The van der Waals surface area contributed by atoms with Gasteiger partial charge in [-0.3, -0.25) is 19.7 Å². The zero-order valence-corrected chi connectivity index (χ0v) is 14.9. The van der Waals surface area contributed by atoms with Crippen molar-refractivity contribution in [3.05, 3.63) is 50.4 Å². The van der Waals surface area contributed by atoms with Gasteiger partial charge in [-0.25, -0.2) is 4.79 Å². The van der Waals surface area contributed by atoms with Gasteiger partial charge >= 0.3 is 5.97 Å². The van der Waals surface area contributed by atoms with Crippen LogP contribution < -0.4 is 10.6 Å². The van der Waals surface area contributed by atoms with E-state index >= 15 is 0 Å². The molecule has 1 heterocycles. The Kier molecular flexibility index (Phi) is 5.68. The van der Waals surface area contributed by atoms with E-state index in [0.717, 1.165) is 11.3 Å². The Balaban J connectivity index is 2.38. The Morgan fingerprint density at radius 3 is 2.50 bits per heavy atom. The van der Waals surface area contributed by atoms with Gasteiger partial charge in [-0.05, 0) is 18.6 Å². The summed E-state index contributed by atoms with van der Waals surface area (Å²) >= 11 is 0.917. The number of hydrogen-bond acceptors (Lipinski definition) is 7. The Labute approximate surface area is 152 Å². The molecule has 0 unspecified atom stereocenters. The van der Waals surface area contributed by atoms with Crippen LogP contribution in [0.2, 0.25) is 0 Å². The number of non-ortho nitro benzene ring substituents is 1. The molecular formula is C16H15N3O6S. The minimum atomic E-state index is -0.683. The van der Waals surface area contributed by atoms with Crippen molar-refractivity contribution >= 4 is 45.5 Å². The van der Waals surface area contributed by atoms with Crippen molar-refractivity contribution in [1.82, 2.24) is 0 Å². The zero-order valence-electron chi connectivity index (χ0n) is 14.1. The molecule has 136 valence electrons. The third kappa shape index (κ3) is 4.03. The smallest absolute Gasteiger partial charge is 0.341 e. The summed E-state index contributed by atoms with van der Waals surface area (Å²) in [5.41, 5.74) is 0.503. The lowest BCUT2D eigenvalue weighted by molar-refractivity contribution is -0.384.